The van der Waals surface area contributed by atoms with Crippen molar-refractivity contribution in [2.75, 3.05) is 0 Å². The summed E-state index contributed by atoms with van der Waals surface area (Å²) in [6.07, 6.45) is -4.83. The molecule has 0 saturated carbocycles. The van der Waals surface area contributed by atoms with Crippen LogP contribution < -0.4 is 4.74 Å². The number of hydrogen-bond acceptors (Lipinski definition) is 3. The molecule has 2 nitrogen and oxygen atoms in total. The Hall–Kier alpha value is -1.34. The van der Waals surface area contributed by atoms with Crippen molar-refractivity contribution in [2.24, 2.45) is 0 Å². The summed E-state index contributed by atoms with van der Waals surface area (Å²) >= 11 is 4.34. The van der Waals surface area contributed by atoms with Crippen LogP contribution in [0.5, 0.6) is 5.75 Å². The maximum Gasteiger partial charge on any atom is 0.573 e. The van der Waals surface area contributed by atoms with E-state index in [1.807, 2.05) is 0 Å². The summed E-state index contributed by atoms with van der Waals surface area (Å²) in [4.78, 5) is 12.4. The van der Waals surface area contributed by atoms with Crippen molar-refractivity contribution in [3.05, 3.63) is 50.6 Å². The SMILES string of the molecule is O=C(c1ccc(Br)s1)c1ccccc1OC(F)(F)F. The topological polar surface area (TPSA) is 26.3 Å². The fraction of sp³-hybridized carbons (Fsp3) is 0.0833. The van der Waals surface area contributed by atoms with Gasteiger partial charge < -0.3 is 4.74 Å². The highest BCUT2D eigenvalue weighted by atomic mass is 79.9. The second-order valence-electron chi connectivity index (χ2n) is 3.48. The van der Waals surface area contributed by atoms with Crippen molar-refractivity contribution in [3.63, 3.8) is 0 Å². The standard InChI is InChI=1S/C12H6BrF3O2S/c13-10-6-5-9(19-10)11(17)7-3-1-2-4-8(7)18-12(14,15)16/h1-6H. The predicted molar refractivity (Wildman–Crippen MR) is 68.6 cm³/mol. The normalized spacial score (nSPS) is 11.4. The third kappa shape index (κ3) is 3.57. The second-order valence-corrected chi connectivity index (χ2v) is 5.94. The van der Waals surface area contributed by atoms with Gasteiger partial charge >= 0.3 is 6.36 Å². The van der Waals surface area contributed by atoms with Crippen LogP contribution >= 0.6 is 27.3 Å². The van der Waals surface area contributed by atoms with Gasteiger partial charge in [0.1, 0.15) is 5.75 Å². The van der Waals surface area contributed by atoms with E-state index in [9.17, 15) is 18.0 Å². The molecule has 1 heterocycles. The summed E-state index contributed by atoms with van der Waals surface area (Å²) in [5.74, 6) is -1.000. The lowest BCUT2D eigenvalue weighted by Gasteiger charge is -2.11. The Kier molecular flexibility index (Phi) is 3.96. The van der Waals surface area contributed by atoms with Crippen molar-refractivity contribution >= 4 is 33.0 Å². The molecule has 0 aliphatic carbocycles. The van der Waals surface area contributed by atoms with E-state index in [1.165, 1.54) is 18.2 Å². The van der Waals surface area contributed by atoms with Crippen molar-refractivity contribution in [3.8, 4) is 5.75 Å². The van der Waals surface area contributed by atoms with Gasteiger partial charge in [-0.25, -0.2) is 0 Å². The third-order valence-corrected chi connectivity index (χ3v) is 3.78. The van der Waals surface area contributed by atoms with Crippen molar-refractivity contribution in [2.45, 2.75) is 6.36 Å². The molecule has 0 aliphatic rings. The maximum absolute atomic E-state index is 12.3. The van der Waals surface area contributed by atoms with Crippen LogP contribution in [0.4, 0.5) is 13.2 Å². The van der Waals surface area contributed by atoms with Gasteiger partial charge in [-0.1, -0.05) is 12.1 Å². The summed E-state index contributed by atoms with van der Waals surface area (Å²) in [6.45, 7) is 0. The van der Waals surface area contributed by atoms with Gasteiger partial charge in [0.15, 0.2) is 0 Å². The second kappa shape index (κ2) is 5.34. The van der Waals surface area contributed by atoms with Crippen LogP contribution in [0, 0.1) is 0 Å². The summed E-state index contributed by atoms with van der Waals surface area (Å²) in [6, 6.07) is 8.48. The average molecular weight is 351 g/mol. The summed E-state index contributed by atoms with van der Waals surface area (Å²) < 4.78 is 41.3. The Morgan fingerprint density at radius 2 is 1.84 bits per heavy atom. The Labute approximate surface area is 118 Å². The smallest absolute Gasteiger partial charge is 0.405 e. The van der Waals surface area contributed by atoms with Gasteiger partial charge in [0.25, 0.3) is 0 Å². The molecule has 0 radical (unpaired) electrons. The number of carbonyl (C=O) groups is 1. The van der Waals surface area contributed by atoms with E-state index in [2.05, 4.69) is 20.7 Å². The minimum Gasteiger partial charge on any atom is -0.405 e. The molecule has 19 heavy (non-hydrogen) atoms. The molecule has 0 amide bonds. The van der Waals surface area contributed by atoms with Crippen molar-refractivity contribution in [1.82, 2.24) is 0 Å². The van der Waals surface area contributed by atoms with Crippen LogP contribution in [-0.2, 0) is 0 Å². The van der Waals surface area contributed by atoms with Crippen LogP contribution in [0.25, 0.3) is 0 Å². The largest absolute Gasteiger partial charge is 0.573 e. The van der Waals surface area contributed by atoms with Crippen molar-refractivity contribution < 1.29 is 22.7 Å². The molecular formula is C12H6BrF3O2S. The number of halogens is 4. The molecule has 0 bridgehead atoms. The fourth-order valence-electron chi connectivity index (χ4n) is 1.44. The third-order valence-electron chi connectivity index (χ3n) is 2.15. The van der Waals surface area contributed by atoms with E-state index >= 15 is 0 Å². The predicted octanol–water partition coefficient (Wildman–Crippen LogP) is 4.64. The Morgan fingerprint density at radius 1 is 1.16 bits per heavy atom. The monoisotopic (exact) mass is 350 g/mol. The molecule has 2 aromatic rings. The zero-order chi connectivity index (χ0) is 14.0. The summed E-state index contributed by atoms with van der Waals surface area (Å²) in [5.41, 5.74) is -0.117. The van der Waals surface area contributed by atoms with Gasteiger partial charge in [-0.2, -0.15) is 0 Å². The van der Waals surface area contributed by atoms with Crippen LogP contribution in [-0.4, -0.2) is 12.1 Å². The molecule has 0 fully saturated rings. The molecule has 1 aromatic heterocycles. The highest BCUT2D eigenvalue weighted by Crippen LogP contribution is 2.30. The van der Waals surface area contributed by atoms with Gasteiger partial charge in [0, 0.05) is 0 Å². The van der Waals surface area contributed by atoms with Crippen molar-refractivity contribution in [1.29, 1.82) is 0 Å². The van der Waals surface area contributed by atoms with E-state index in [0.29, 0.717) is 4.88 Å². The van der Waals surface area contributed by atoms with Gasteiger partial charge in [-0.05, 0) is 40.2 Å². The molecule has 100 valence electrons. The van der Waals surface area contributed by atoms with Crippen LogP contribution in [0.15, 0.2) is 40.2 Å². The van der Waals surface area contributed by atoms with E-state index in [-0.39, 0.29) is 5.56 Å². The van der Waals surface area contributed by atoms with Gasteiger partial charge in [0.05, 0.1) is 14.2 Å². The molecule has 0 aliphatic heterocycles. The van der Waals surface area contributed by atoms with Gasteiger partial charge in [-0.15, -0.1) is 24.5 Å². The zero-order valence-corrected chi connectivity index (χ0v) is 11.6. The van der Waals surface area contributed by atoms with E-state index in [4.69, 9.17) is 0 Å². The Balaban J connectivity index is 2.37. The summed E-state index contributed by atoms with van der Waals surface area (Å²) in [5, 5.41) is 0. The van der Waals surface area contributed by atoms with Crippen LogP contribution in [0.1, 0.15) is 15.2 Å². The Morgan fingerprint density at radius 3 is 2.42 bits per heavy atom. The lowest BCUT2D eigenvalue weighted by molar-refractivity contribution is -0.274. The number of ether oxygens (including phenoxy) is 1. The molecule has 0 atom stereocenters. The molecule has 0 saturated heterocycles. The lowest BCUT2D eigenvalue weighted by atomic mass is 10.1. The average Bonchev–Trinajstić information content (AvgIpc) is 2.74. The lowest BCUT2D eigenvalue weighted by Crippen LogP contribution is -2.19. The maximum atomic E-state index is 12.3. The Bertz CT molecular complexity index is 607. The number of carbonyl (C=O) groups excluding carboxylic acids is 1. The fourth-order valence-corrected chi connectivity index (χ4v) is 2.78. The van der Waals surface area contributed by atoms with E-state index < -0.39 is 17.9 Å². The molecule has 0 spiro atoms. The number of benzene rings is 1. The molecule has 0 N–H and O–H groups in total. The minimum atomic E-state index is -4.83. The van der Waals surface area contributed by atoms with Crippen LogP contribution in [0.3, 0.4) is 0 Å². The number of para-hydroxylation sites is 1. The van der Waals surface area contributed by atoms with Crippen LogP contribution in [0.2, 0.25) is 0 Å². The number of hydrogen-bond donors (Lipinski definition) is 0. The molecule has 7 heteroatoms. The number of alkyl halides is 3. The molecular weight excluding hydrogens is 345 g/mol. The summed E-state index contributed by atoms with van der Waals surface area (Å²) in [7, 11) is 0. The molecule has 1 aromatic carbocycles. The first-order valence-electron chi connectivity index (χ1n) is 5.01. The first-order chi connectivity index (χ1) is 8.87. The first-order valence-corrected chi connectivity index (χ1v) is 6.62. The molecule has 2 rings (SSSR count). The minimum absolute atomic E-state index is 0.117. The van der Waals surface area contributed by atoms with Gasteiger partial charge in [-0.3, -0.25) is 4.79 Å². The highest BCUT2D eigenvalue weighted by Gasteiger charge is 2.33. The first kappa shape index (κ1) is 14.1. The van der Waals surface area contributed by atoms with E-state index in [1.54, 1.807) is 12.1 Å². The number of thiophene rings is 1. The van der Waals surface area contributed by atoms with Gasteiger partial charge in [0.2, 0.25) is 5.78 Å². The number of rotatable bonds is 3. The highest BCUT2D eigenvalue weighted by molar-refractivity contribution is 9.11. The zero-order valence-electron chi connectivity index (χ0n) is 9.20. The quantitative estimate of drug-likeness (QED) is 0.753. The van der Waals surface area contributed by atoms with E-state index in [0.717, 1.165) is 21.2 Å². The number of ketones is 1. The molecule has 0 unspecified atom stereocenters.